The molecule has 130 valence electrons. The minimum Gasteiger partial charge on any atom is -0.386 e. The minimum absolute atomic E-state index is 0.411. The van der Waals surface area contributed by atoms with E-state index in [1.54, 1.807) is 26.3 Å². The van der Waals surface area contributed by atoms with Crippen LogP contribution in [0.3, 0.4) is 0 Å². The highest BCUT2D eigenvalue weighted by atomic mass is 15.2. The molecule has 3 aromatic rings. The van der Waals surface area contributed by atoms with Crippen molar-refractivity contribution >= 4 is 45.6 Å². The fraction of sp³-hybridized carbons (Fsp3) is 0.100. The fourth-order valence-corrected chi connectivity index (χ4v) is 2.83. The van der Waals surface area contributed by atoms with Gasteiger partial charge in [-0.15, -0.1) is 10.2 Å². The molecule has 0 spiro atoms. The van der Waals surface area contributed by atoms with E-state index in [1.807, 2.05) is 24.3 Å². The Balaban J connectivity index is 2.35. The van der Waals surface area contributed by atoms with Crippen LogP contribution in [0.25, 0.3) is 21.5 Å². The number of nitrogens with two attached hydrogens (primary N) is 2. The van der Waals surface area contributed by atoms with Crippen LogP contribution < -0.4 is 11.5 Å². The van der Waals surface area contributed by atoms with Gasteiger partial charge in [-0.2, -0.15) is 10.2 Å². The molecule has 0 aliphatic heterocycles. The molecule has 0 radical (unpaired) electrons. The number of benzene rings is 3. The predicted octanol–water partition coefficient (Wildman–Crippen LogP) is 3.42. The highest BCUT2D eigenvalue weighted by Gasteiger charge is 2.11. The third kappa shape index (κ3) is 3.59. The van der Waals surface area contributed by atoms with Crippen LogP contribution in [0.15, 0.2) is 68.9 Å². The van der Waals surface area contributed by atoms with Gasteiger partial charge >= 0.3 is 0 Å². The largest absolute Gasteiger partial charge is 0.386 e. The van der Waals surface area contributed by atoms with Gasteiger partial charge in [-0.05, 0) is 35.4 Å². The summed E-state index contributed by atoms with van der Waals surface area (Å²) in [7, 11) is 0. The summed E-state index contributed by atoms with van der Waals surface area (Å²) in [5.41, 5.74) is 13.1. The third-order valence-electron chi connectivity index (χ3n) is 3.82. The lowest BCUT2D eigenvalue weighted by Crippen LogP contribution is -2.04. The Labute approximate surface area is 151 Å². The molecule has 0 heterocycles. The normalized spacial score (nSPS) is 13.5. The van der Waals surface area contributed by atoms with Crippen LogP contribution in [-0.4, -0.2) is 24.1 Å². The second-order valence-electron chi connectivity index (χ2n) is 5.89. The first kappa shape index (κ1) is 17.3. The van der Waals surface area contributed by atoms with Crippen molar-refractivity contribution in [2.75, 3.05) is 0 Å². The van der Waals surface area contributed by atoms with E-state index in [4.69, 9.17) is 11.5 Å². The average molecular weight is 344 g/mol. The van der Waals surface area contributed by atoms with Crippen LogP contribution in [-0.2, 0) is 0 Å². The van der Waals surface area contributed by atoms with Gasteiger partial charge in [0.1, 0.15) is 11.7 Å². The maximum absolute atomic E-state index is 5.58. The molecule has 0 saturated heterocycles. The van der Waals surface area contributed by atoms with E-state index < -0.39 is 0 Å². The first-order chi connectivity index (χ1) is 12.6. The van der Waals surface area contributed by atoms with E-state index in [0.717, 1.165) is 32.7 Å². The van der Waals surface area contributed by atoms with Gasteiger partial charge in [0.2, 0.25) is 0 Å². The maximum Gasteiger partial charge on any atom is 0.119 e. The van der Waals surface area contributed by atoms with Crippen LogP contribution in [0.1, 0.15) is 25.0 Å². The summed E-state index contributed by atoms with van der Waals surface area (Å²) in [5.74, 6) is 0.822. The quantitative estimate of drug-likeness (QED) is 0.328. The Morgan fingerprint density at radius 1 is 0.654 bits per heavy atom. The number of nitrogens with zero attached hydrogens (tertiary/aromatic N) is 4. The zero-order chi connectivity index (χ0) is 18.5. The highest BCUT2D eigenvalue weighted by Crippen LogP contribution is 2.31. The average Bonchev–Trinajstić information content (AvgIpc) is 2.62. The molecule has 0 aromatic heterocycles. The van der Waals surface area contributed by atoms with Crippen molar-refractivity contribution in [3.8, 4) is 0 Å². The van der Waals surface area contributed by atoms with Gasteiger partial charge in [0.25, 0.3) is 0 Å². The molecule has 0 aliphatic carbocycles. The molecule has 26 heavy (non-hydrogen) atoms. The topological polar surface area (TPSA) is 101 Å². The van der Waals surface area contributed by atoms with Gasteiger partial charge in [-0.25, -0.2) is 0 Å². The monoisotopic (exact) mass is 344 g/mol. The first-order valence-corrected chi connectivity index (χ1v) is 8.17. The van der Waals surface area contributed by atoms with Crippen LogP contribution >= 0.6 is 0 Å². The van der Waals surface area contributed by atoms with E-state index in [-0.39, 0.29) is 0 Å². The third-order valence-corrected chi connectivity index (χ3v) is 3.82. The molecule has 0 unspecified atom stereocenters. The summed E-state index contributed by atoms with van der Waals surface area (Å²) >= 11 is 0. The molecule has 6 heteroatoms. The molecule has 0 bridgehead atoms. The highest BCUT2D eigenvalue weighted by molar-refractivity contribution is 6.21. The molecular weight excluding hydrogens is 324 g/mol. The molecule has 0 atom stereocenters. The van der Waals surface area contributed by atoms with Crippen LogP contribution in [0, 0.1) is 0 Å². The van der Waals surface area contributed by atoms with E-state index in [2.05, 4.69) is 44.7 Å². The second kappa shape index (κ2) is 7.57. The Morgan fingerprint density at radius 2 is 0.962 bits per heavy atom. The van der Waals surface area contributed by atoms with Crippen molar-refractivity contribution in [3.63, 3.8) is 0 Å². The molecule has 3 rings (SSSR count). The van der Waals surface area contributed by atoms with E-state index in [9.17, 15) is 0 Å². The lowest BCUT2D eigenvalue weighted by Gasteiger charge is -2.11. The zero-order valence-electron chi connectivity index (χ0n) is 14.7. The van der Waals surface area contributed by atoms with Crippen molar-refractivity contribution < 1.29 is 0 Å². The Morgan fingerprint density at radius 3 is 1.23 bits per heavy atom. The summed E-state index contributed by atoms with van der Waals surface area (Å²) in [5, 5.41) is 20.3. The Kier molecular flexibility index (Phi) is 5.03. The zero-order valence-corrected chi connectivity index (χ0v) is 14.7. The molecule has 0 saturated carbocycles. The molecule has 3 aromatic carbocycles. The van der Waals surface area contributed by atoms with Gasteiger partial charge in [-0.1, -0.05) is 48.5 Å². The summed E-state index contributed by atoms with van der Waals surface area (Å²) < 4.78 is 0. The minimum atomic E-state index is 0.411. The summed E-state index contributed by atoms with van der Waals surface area (Å²) in [6, 6.07) is 16.2. The van der Waals surface area contributed by atoms with E-state index >= 15 is 0 Å². The van der Waals surface area contributed by atoms with Crippen LogP contribution in [0.5, 0.6) is 0 Å². The van der Waals surface area contributed by atoms with Crippen molar-refractivity contribution in [2.24, 2.45) is 31.9 Å². The molecule has 6 nitrogen and oxygen atoms in total. The van der Waals surface area contributed by atoms with Gasteiger partial charge < -0.3 is 11.5 Å². The smallest absolute Gasteiger partial charge is 0.119 e. The standard InChI is InChI=1S/C20H20N6/c1-13(21)25-23-11-19-15-7-3-5-9-17(15)20(12-24-26-14(2)22)18-10-6-4-8-16(18)19/h3-12H,1-2H3,(H2,21,25)(H2,22,26). The number of fused-ring (bicyclic) bond motifs is 2. The Bertz CT molecular complexity index is 925. The predicted molar refractivity (Wildman–Crippen MR) is 111 cm³/mol. The van der Waals surface area contributed by atoms with Gasteiger partial charge in [0, 0.05) is 11.1 Å². The number of amidine groups is 2. The van der Waals surface area contributed by atoms with E-state index in [1.165, 1.54) is 0 Å². The van der Waals surface area contributed by atoms with Gasteiger partial charge in [0.05, 0.1) is 12.4 Å². The molecule has 0 aliphatic rings. The number of rotatable bonds is 4. The molecule has 0 fully saturated rings. The summed E-state index contributed by atoms with van der Waals surface area (Å²) in [6.45, 7) is 3.40. The van der Waals surface area contributed by atoms with Crippen molar-refractivity contribution in [1.29, 1.82) is 0 Å². The number of hydrogen-bond donors (Lipinski definition) is 2. The second-order valence-corrected chi connectivity index (χ2v) is 5.89. The van der Waals surface area contributed by atoms with Crippen LogP contribution in [0.2, 0.25) is 0 Å². The van der Waals surface area contributed by atoms with Crippen molar-refractivity contribution in [1.82, 2.24) is 0 Å². The first-order valence-electron chi connectivity index (χ1n) is 8.17. The van der Waals surface area contributed by atoms with Gasteiger partial charge in [-0.3, -0.25) is 0 Å². The van der Waals surface area contributed by atoms with Crippen molar-refractivity contribution in [3.05, 3.63) is 59.7 Å². The summed E-state index contributed by atoms with van der Waals surface area (Å²) in [6.07, 6.45) is 3.48. The van der Waals surface area contributed by atoms with Crippen molar-refractivity contribution in [2.45, 2.75) is 13.8 Å². The Hall–Kier alpha value is -3.54. The van der Waals surface area contributed by atoms with Gasteiger partial charge in [0.15, 0.2) is 0 Å². The maximum atomic E-state index is 5.58. The molecule has 4 N–H and O–H groups in total. The van der Waals surface area contributed by atoms with E-state index in [0.29, 0.717) is 11.7 Å². The summed E-state index contributed by atoms with van der Waals surface area (Å²) in [4.78, 5) is 0. The molecule has 0 amide bonds. The fourth-order valence-electron chi connectivity index (χ4n) is 2.83. The van der Waals surface area contributed by atoms with Crippen LogP contribution in [0.4, 0.5) is 0 Å². The SMILES string of the molecule is CC(N)=NN=Cc1c2ccccc2c(C=NN=C(C)N)c2ccccc12. The lowest BCUT2D eigenvalue weighted by atomic mass is 9.92. The lowest BCUT2D eigenvalue weighted by molar-refractivity contribution is 1.23. The number of hydrogen-bond acceptors (Lipinski definition) is 4. The molecular formula is C20H20N6.